The molecule has 2 aliphatic carbocycles. The van der Waals surface area contributed by atoms with E-state index in [1.54, 1.807) is 13.0 Å². The first-order valence-electron chi connectivity index (χ1n) is 9.11. The van der Waals surface area contributed by atoms with E-state index in [1.807, 2.05) is 6.92 Å². The van der Waals surface area contributed by atoms with Gasteiger partial charge in [0.25, 0.3) is 0 Å². The first-order chi connectivity index (χ1) is 12.6. The maximum Gasteiger partial charge on any atom is 0.302 e. The highest BCUT2D eigenvalue weighted by Crippen LogP contribution is 2.71. The summed E-state index contributed by atoms with van der Waals surface area (Å²) in [7, 11) is 0. The predicted molar refractivity (Wildman–Crippen MR) is 89.5 cm³/mol. The molecule has 7 atom stereocenters. The number of esters is 2. The van der Waals surface area contributed by atoms with Gasteiger partial charge in [-0.1, -0.05) is 6.92 Å². The minimum absolute atomic E-state index is 0.240. The normalized spacial score (nSPS) is 47.3. The number of carbonyl (C=O) groups is 3. The van der Waals surface area contributed by atoms with Gasteiger partial charge in [0.15, 0.2) is 5.78 Å². The molecule has 0 aromatic rings. The number of epoxide rings is 1. The number of aliphatic hydroxyl groups excluding tert-OH is 1. The van der Waals surface area contributed by atoms with Crippen LogP contribution in [0.5, 0.6) is 0 Å². The second-order valence-corrected chi connectivity index (χ2v) is 8.20. The van der Waals surface area contributed by atoms with E-state index >= 15 is 0 Å². The average molecular weight is 380 g/mol. The van der Waals surface area contributed by atoms with Gasteiger partial charge in [-0.2, -0.15) is 0 Å². The van der Waals surface area contributed by atoms with E-state index in [4.69, 9.17) is 18.9 Å². The minimum atomic E-state index is -1.48. The zero-order valence-corrected chi connectivity index (χ0v) is 15.8. The number of Topliss-reactive ketones (excluding diaryl/α,β-unsaturated/α-hetero) is 1. The maximum atomic E-state index is 12.7. The van der Waals surface area contributed by atoms with E-state index in [0.717, 1.165) is 0 Å². The first-order valence-corrected chi connectivity index (χ1v) is 9.11. The van der Waals surface area contributed by atoms with Crippen molar-refractivity contribution in [2.75, 3.05) is 13.2 Å². The summed E-state index contributed by atoms with van der Waals surface area (Å²) in [6.45, 7) is 6.17. The van der Waals surface area contributed by atoms with Crippen LogP contribution in [0.25, 0.3) is 0 Å². The SMILES string of the molecule is CC(=O)OCC12C(C=C(C)C(=O)C1O)OC1CC(OC(C)=O)C2(C)C12CO2. The highest BCUT2D eigenvalue weighted by molar-refractivity contribution is 6.00. The van der Waals surface area contributed by atoms with Gasteiger partial charge in [0.1, 0.15) is 24.4 Å². The van der Waals surface area contributed by atoms with Crippen LogP contribution in [0.4, 0.5) is 0 Å². The number of ether oxygens (including phenoxy) is 4. The Morgan fingerprint density at radius 1 is 1.33 bits per heavy atom. The Labute approximate surface area is 156 Å². The Hall–Kier alpha value is -1.77. The van der Waals surface area contributed by atoms with Crippen LogP contribution < -0.4 is 0 Å². The fraction of sp³-hybridized carbons (Fsp3) is 0.737. The third-order valence-corrected chi connectivity index (χ3v) is 7.06. The fourth-order valence-electron chi connectivity index (χ4n) is 5.53. The molecule has 0 radical (unpaired) electrons. The molecule has 2 heterocycles. The van der Waals surface area contributed by atoms with Crippen molar-refractivity contribution in [1.82, 2.24) is 0 Å². The van der Waals surface area contributed by atoms with Crippen LogP contribution in [0, 0.1) is 10.8 Å². The predicted octanol–water partition coefficient (Wildman–Crippen LogP) is 0.304. The molecule has 1 spiro atoms. The smallest absolute Gasteiger partial charge is 0.302 e. The maximum absolute atomic E-state index is 12.7. The lowest BCUT2D eigenvalue weighted by Gasteiger charge is -2.59. The van der Waals surface area contributed by atoms with E-state index in [9.17, 15) is 19.5 Å². The van der Waals surface area contributed by atoms with E-state index in [-0.39, 0.29) is 12.7 Å². The van der Waals surface area contributed by atoms with Gasteiger partial charge in [-0.25, -0.2) is 0 Å². The summed E-state index contributed by atoms with van der Waals surface area (Å²) in [5.74, 6) is -1.45. The van der Waals surface area contributed by atoms with E-state index in [2.05, 4.69) is 0 Å². The Bertz CT molecular complexity index is 753. The van der Waals surface area contributed by atoms with Crippen molar-refractivity contribution in [3.63, 3.8) is 0 Å². The largest absolute Gasteiger partial charge is 0.465 e. The zero-order valence-electron chi connectivity index (χ0n) is 15.8. The van der Waals surface area contributed by atoms with Crippen molar-refractivity contribution < 1.29 is 38.4 Å². The molecule has 4 rings (SSSR count). The number of aliphatic hydroxyl groups is 1. The summed E-state index contributed by atoms with van der Waals surface area (Å²) in [4.78, 5) is 36.1. The zero-order chi connectivity index (χ0) is 19.8. The van der Waals surface area contributed by atoms with Crippen molar-refractivity contribution in [3.05, 3.63) is 11.6 Å². The monoisotopic (exact) mass is 380 g/mol. The number of fused-ring (bicyclic) bond motifs is 2. The van der Waals surface area contributed by atoms with Gasteiger partial charge in [-0.3, -0.25) is 14.4 Å². The van der Waals surface area contributed by atoms with Gasteiger partial charge >= 0.3 is 11.9 Å². The van der Waals surface area contributed by atoms with E-state index in [1.165, 1.54) is 13.8 Å². The molecular formula is C19H24O8. The molecule has 0 aromatic heterocycles. The topological polar surface area (TPSA) is 112 Å². The van der Waals surface area contributed by atoms with Crippen LogP contribution in [0.2, 0.25) is 0 Å². The third kappa shape index (κ3) is 2.12. The van der Waals surface area contributed by atoms with E-state index in [0.29, 0.717) is 18.6 Å². The van der Waals surface area contributed by atoms with Crippen molar-refractivity contribution in [2.24, 2.45) is 10.8 Å². The van der Waals surface area contributed by atoms with E-state index < -0.39 is 52.5 Å². The summed E-state index contributed by atoms with van der Waals surface area (Å²) < 4.78 is 23.0. The van der Waals surface area contributed by atoms with Crippen molar-refractivity contribution in [3.8, 4) is 0 Å². The summed E-state index contributed by atoms with van der Waals surface area (Å²) in [5, 5.41) is 11.1. The molecule has 2 aliphatic heterocycles. The summed E-state index contributed by atoms with van der Waals surface area (Å²) in [5.41, 5.74) is -2.69. The summed E-state index contributed by atoms with van der Waals surface area (Å²) in [6, 6.07) is 0. The standard InChI is InChI=1S/C19H24O8/c1-9-5-13-18(7-24-10(2)20,16(23)15(9)22)17(4)12(26-11(3)21)6-14(27-13)19(17)8-25-19/h5,12-14,16,23H,6-8H2,1-4H3. The second kappa shape index (κ2) is 5.62. The molecule has 148 valence electrons. The van der Waals surface area contributed by atoms with Gasteiger partial charge in [0.05, 0.1) is 29.6 Å². The fourth-order valence-corrected chi connectivity index (χ4v) is 5.53. The van der Waals surface area contributed by atoms with Crippen LogP contribution in [0.3, 0.4) is 0 Å². The molecule has 4 aliphatic rings. The molecule has 1 saturated carbocycles. The molecule has 7 unspecified atom stereocenters. The van der Waals surface area contributed by atoms with Crippen molar-refractivity contribution >= 4 is 17.7 Å². The van der Waals surface area contributed by atoms with Gasteiger partial charge in [-0.05, 0) is 18.6 Å². The molecule has 3 fully saturated rings. The molecule has 0 amide bonds. The lowest BCUT2D eigenvalue weighted by molar-refractivity contribution is -0.257. The van der Waals surface area contributed by atoms with Crippen molar-refractivity contribution in [1.29, 1.82) is 0 Å². The molecular weight excluding hydrogens is 356 g/mol. The number of hydrogen-bond donors (Lipinski definition) is 1. The molecule has 0 aromatic carbocycles. The summed E-state index contributed by atoms with van der Waals surface area (Å²) >= 11 is 0. The van der Waals surface area contributed by atoms with Crippen LogP contribution in [-0.4, -0.2) is 66.1 Å². The highest BCUT2D eigenvalue weighted by atomic mass is 16.6. The van der Waals surface area contributed by atoms with Crippen molar-refractivity contribution in [2.45, 2.75) is 64.1 Å². The molecule has 8 nitrogen and oxygen atoms in total. The summed E-state index contributed by atoms with van der Waals surface area (Å²) in [6.07, 6.45) is -1.06. The van der Waals surface area contributed by atoms with Crippen LogP contribution in [0.15, 0.2) is 11.6 Å². The molecule has 27 heavy (non-hydrogen) atoms. The quantitative estimate of drug-likeness (QED) is 0.550. The van der Waals surface area contributed by atoms with Crippen LogP contribution >= 0.6 is 0 Å². The Balaban J connectivity index is 1.91. The molecule has 1 N–H and O–H groups in total. The highest BCUT2D eigenvalue weighted by Gasteiger charge is 2.85. The number of carbonyl (C=O) groups excluding carboxylic acids is 3. The Morgan fingerprint density at radius 2 is 2.00 bits per heavy atom. The lowest BCUT2D eigenvalue weighted by atomic mass is 9.50. The number of rotatable bonds is 3. The van der Waals surface area contributed by atoms with Crippen LogP contribution in [0.1, 0.15) is 34.1 Å². The molecule has 2 bridgehead atoms. The van der Waals surface area contributed by atoms with Gasteiger partial charge in [0, 0.05) is 20.3 Å². The van der Waals surface area contributed by atoms with Gasteiger partial charge in [0.2, 0.25) is 0 Å². The molecule has 2 saturated heterocycles. The Kier molecular flexibility index (Phi) is 3.87. The van der Waals surface area contributed by atoms with Gasteiger partial charge in [-0.15, -0.1) is 0 Å². The second-order valence-electron chi connectivity index (χ2n) is 8.20. The minimum Gasteiger partial charge on any atom is -0.465 e. The number of ketones is 1. The van der Waals surface area contributed by atoms with Crippen LogP contribution in [-0.2, 0) is 33.3 Å². The average Bonchev–Trinajstić information content (AvgIpc) is 3.35. The lowest BCUT2D eigenvalue weighted by Crippen LogP contribution is -2.72. The Morgan fingerprint density at radius 3 is 2.56 bits per heavy atom. The van der Waals surface area contributed by atoms with Gasteiger partial charge < -0.3 is 24.1 Å². The number of hydrogen-bond acceptors (Lipinski definition) is 8. The third-order valence-electron chi connectivity index (χ3n) is 7.06. The first kappa shape index (κ1) is 18.6. The molecule has 8 heteroatoms.